The van der Waals surface area contributed by atoms with Crippen LogP contribution in [0.4, 0.5) is 0 Å². The number of nitrogens with one attached hydrogen (secondary N) is 2. The lowest BCUT2D eigenvalue weighted by Gasteiger charge is -2.22. The zero-order chi connectivity index (χ0) is 9.86. The summed E-state index contributed by atoms with van der Waals surface area (Å²) in [5.41, 5.74) is 1.34. The summed E-state index contributed by atoms with van der Waals surface area (Å²) in [6, 6.07) is 2.12. The molecule has 1 aliphatic heterocycles. The molecule has 0 saturated carbocycles. The van der Waals surface area contributed by atoms with Crippen LogP contribution in [-0.4, -0.2) is 22.0 Å². The highest BCUT2D eigenvalue weighted by Crippen LogP contribution is 2.36. The average molecular weight is 210 g/mol. The van der Waals surface area contributed by atoms with Crippen molar-refractivity contribution in [3.8, 4) is 0 Å². The number of rotatable bonds is 4. The lowest BCUT2D eigenvalue weighted by Crippen LogP contribution is -2.32. The molecular weight excluding hydrogens is 192 g/mol. The molecule has 1 fully saturated rings. The molecule has 2 heterocycles. The highest BCUT2D eigenvalue weighted by Gasteiger charge is 2.28. The third-order valence-electron chi connectivity index (χ3n) is 2.79. The Kier molecular flexibility index (Phi) is 3.19. The molecule has 1 saturated heterocycles. The molecule has 0 bridgehead atoms. The molecule has 14 heavy (non-hydrogen) atoms. The van der Waals surface area contributed by atoms with Crippen LogP contribution < -0.4 is 5.32 Å². The summed E-state index contributed by atoms with van der Waals surface area (Å²) in [4.78, 5) is 3.07. The molecule has 2 nitrogen and oxygen atoms in total. The molecule has 1 unspecified atom stereocenters. The van der Waals surface area contributed by atoms with Crippen LogP contribution in [0.2, 0.25) is 0 Å². The topological polar surface area (TPSA) is 27.8 Å². The molecular formula is C11H18N2S. The van der Waals surface area contributed by atoms with Gasteiger partial charge in [0.1, 0.15) is 0 Å². The fourth-order valence-electron chi connectivity index (χ4n) is 1.92. The van der Waals surface area contributed by atoms with Crippen LogP contribution in [0.1, 0.15) is 25.3 Å². The minimum Gasteiger partial charge on any atom is -0.367 e. The predicted molar refractivity (Wildman–Crippen MR) is 62.6 cm³/mol. The Hall–Kier alpha value is -0.410. The van der Waals surface area contributed by atoms with Crippen molar-refractivity contribution in [1.29, 1.82) is 0 Å². The molecule has 0 spiro atoms. The lowest BCUT2D eigenvalue weighted by atomic mass is 10.1. The Morgan fingerprint density at radius 1 is 1.64 bits per heavy atom. The molecule has 1 aliphatic rings. The number of hydrogen-bond acceptors (Lipinski definition) is 2. The van der Waals surface area contributed by atoms with Gasteiger partial charge in [-0.2, -0.15) is 11.8 Å². The second-order valence-electron chi connectivity index (χ2n) is 4.22. The zero-order valence-corrected chi connectivity index (χ0v) is 9.49. The highest BCUT2D eigenvalue weighted by molar-refractivity contribution is 8.00. The van der Waals surface area contributed by atoms with Crippen molar-refractivity contribution in [2.45, 2.75) is 31.1 Å². The van der Waals surface area contributed by atoms with E-state index in [1.165, 1.54) is 24.2 Å². The van der Waals surface area contributed by atoms with Crippen molar-refractivity contribution in [3.63, 3.8) is 0 Å². The molecule has 1 atom stereocenters. The smallest absolute Gasteiger partial charge is 0.0256 e. The molecule has 2 rings (SSSR count). The summed E-state index contributed by atoms with van der Waals surface area (Å²) in [5.74, 6) is 1.34. The first-order valence-electron chi connectivity index (χ1n) is 5.25. The number of hydrogen-bond donors (Lipinski definition) is 2. The quantitative estimate of drug-likeness (QED) is 0.798. The van der Waals surface area contributed by atoms with E-state index in [1.54, 1.807) is 0 Å². The molecule has 78 valence electrons. The molecule has 0 aromatic carbocycles. The number of aromatic nitrogens is 1. The Morgan fingerprint density at radius 3 is 3.21 bits per heavy atom. The summed E-state index contributed by atoms with van der Waals surface area (Å²) in [7, 11) is 0. The van der Waals surface area contributed by atoms with Crippen molar-refractivity contribution in [2.24, 2.45) is 0 Å². The van der Waals surface area contributed by atoms with Crippen molar-refractivity contribution in [3.05, 3.63) is 24.0 Å². The van der Waals surface area contributed by atoms with Crippen molar-refractivity contribution < 1.29 is 0 Å². The fourth-order valence-corrected chi connectivity index (χ4v) is 3.19. The standard InChI is InChI=1S/C11H18N2S/c1-11(4-2-6-14-11)9-13-8-10-3-5-12-7-10/h3,5,7,12-13H,2,4,6,8-9H2,1H3. The number of thioether (sulfide) groups is 1. The highest BCUT2D eigenvalue weighted by atomic mass is 32.2. The van der Waals surface area contributed by atoms with Gasteiger partial charge in [0.05, 0.1) is 0 Å². The lowest BCUT2D eigenvalue weighted by molar-refractivity contribution is 0.537. The van der Waals surface area contributed by atoms with Crippen LogP contribution in [0.15, 0.2) is 18.5 Å². The summed E-state index contributed by atoms with van der Waals surface area (Å²) < 4.78 is 0.482. The number of aromatic amines is 1. The van der Waals surface area contributed by atoms with Gasteiger partial charge >= 0.3 is 0 Å². The maximum absolute atomic E-state index is 3.53. The zero-order valence-electron chi connectivity index (χ0n) is 8.68. The van der Waals surface area contributed by atoms with Gasteiger partial charge in [0.15, 0.2) is 0 Å². The molecule has 3 heteroatoms. The Morgan fingerprint density at radius 2 is 2.57 bits per heavy atom. The van der Waals surface area contributed by atoms with Gasteiger partial charge in [-0.3, -0.25) is 0 Å². The molecule has 1 aromatic heterocycles. The van der Waals surface area contributed by atoms with Crippen molar-refractivity contribution in [1.82, 2.24) is 10.3 Å². The van der Waals surface area contributed by atoms with Gasteiger partial charge in [-0.05, 0) is 37.1 Å². The van der Waals surface area contributed by atoms with E-state index in [0.29, 0.717) is 4.75 Å². The van der Waals surface area contributed by atoms with Crippen molar-refractivity contribution >= 4 is 11.8 Å². The van der Waals surface area contributed by atoms with Crippen LogP contribution in [0.3, 0.4) is 0 Å². The van der Waals surface area contributed by atoms with Crippen LogP contribution in [0.25, 0.3) is 0 Å². The molecule has 2 N–H and O–H groups in total. The summed E-state index contributed by atoms with van der Waals surface area (Å²) >= 11 is 2.11. The fraction of sp³-hybridized carbons (Fsp3) is 0.636. The molecule has 1 aromatic rings. The van der Waals surface area contributed by atoms with E-state index in [9.17, 15) is 0 Å². The first kappa shape index (κ1) is 10.1. The normalized spacial score (nSPS) is 26.9. The minimum absolute atomic E-state index is 0.482. The Bertz CT molecular complexity index is 263. The Balaban J connectivity index is 1.72. The average Bonchev–Trinajstić information content (AvgIpc) is 2.77. The van der Waals surface area contributed by atoms with Gasteiger partial charge < -0.3 is 10.3 Å². The van der Waals surface area contributed by atoms with Gasteiger partial charge in [0.2, 0.25) is 0 Å². The van der Waals surface area contributed by atoms with E-state index in [0.717, 1.165) is 13.1 Å². The number of H-pyrrole nitrogens is 1. The van der Waals surface area contributed by atoms with Gasteiger partial charge in [-0.15, -0.1) is 0 Å². The predicted octanol–water partition coefficient (Wildman–Crippen LogP) is 2.39. The van der Waals surface area contributed by atoms with E-state index in [2.05, 4.69) is 41.2 Å². The second kappa shape index (κ2) is 4.41. The van der Waals surface area contributed by atoms with E-state index in [-0.39, 0.29) is 0 Å². The first-order valence-corrected chi connectivity index (χ1v) is 6.23. The molecule has 0 aliphatic carbocycles. The Labute approximate surface area is 89.9 Å². The van der Waals surface area contributed by atoms with Crippen LogP contribution >= 0.6 is 11.8 Å². The maximum Gasteiger partial charge on any atom is 0.0256 e. The van der Waals surface area contributed by atoms with E-state index in [4.69, 9.17) is 0 Å². The monoisotopic (exact) mass is 210 g/mol. The van der Waals surface area contributed by atoms with Gasteiger partial charge in [-0.1, -0.05) is 0 Å². The molecule has 0 radical (unpaired) electrons. The van der Waals surface area contributed by atoms with Crippen LogP contribution in [0, 0.1) is 0 Å². The van der Waals surface area contributed by atoms with Gasteiger partial charge in [0.25, 0.3) is 0 Å². The van der Waals surface area contributed by atoms with E-state index < -0.39 is 0 Å². The van der Waals surface area contributed by atoms with Crippen LogP contribution in [-0.2, 0) is 6.54 Å². The van der Waals surface area contributed by atoms with Gasteiger partial charge in [0, 0.05) is 30.2 Å². The SMILES string of the molecule is CC1(CNCc2cc[nH]c2)CCCS1. The van der Waals surface area contributed by atoms with E-state index in [1.807, 2.05) is 6.20 Å². The maximum atomic E-state index is 3.53. The second-order valence-corrected chi connectivity index (χ2v) is 5.91. The third kappa shape index (κ3) is 2.55. The largest absolute Gasteiger partial charge is 0.367 e. The molecule has 0 amide bonds. The van der Waals surface area contributed by atoms with Crippen molar-refractivity contribution in [2.75, 3.05) is 12.3 Å². The third-order valence-corrected chi connectivity index (χ3v) is 4.33. The minimum atomic E-state index is 0.482. The first-order chi connectivity index (χ1) is 6.79. The summed E-state index contributed by atoms with van der Waals surface area (Å²) in [6.07, 6.45) is 6.77. The summed E-state index contributed by atoms with van der Waals surface area (Å²) in [6.45, 7) is 4.48. The van der Waals surface area contributed by atoms with E-state index >= 15 is 0 Å². The van der Waals surface area contributed by atoms with Crippen LogP contribution in [0.5, 0.6) is 0 Å². The van der Waals surface area contributed by atoms with Gasteiger partial charge in [-0.25, -0.2) is 0 Å². The summed E-state index contributed by atoms with van der Waals surface area (Å²) in [5, 5.41) is 3.53.